The Hall–Kier alpha value is -1.85. The number of carbonyl (C=O) groups is 2. The first kappa shape index (κ1) is 15.5. The summed E-state index contributed by atoms with van der Waals surface area (Å²) in [5, 5.41) is 0.468. The van der Waals surface area contributed by atoms with Gasteiger partial charge >= 0.3 is 0 Å². The Bertz CT molecular complexity index is 558. The molecule has 21 heavy (non-hydrogen) atoms. The van der Waals surface area contributed by atoms with Crippen LogP contribution >= 0.6 is 11.6 Å². The lowest BCUT2D eigenvalue weighted by Crippen LogP contribution is -2.39. The summed E-state index contributed by atoms with van der Waals surface area (Å²) in [6.07, 6.45) is 2.59. The number of methoxy groups -OCH3 is 1. The van der Waals surface area contributed by atoms with Gasteiger partial charge in [0.1, 0.15) is 17.8 Å². The molecule has 1 aliphatic heterocycles. The van der Waals surface area contributed by atoms with Crippen LogP contribution in [0.1, 0.15) is 6.42 Å². The van der Waals surface area contributed by atoms with Crippen LogP contribution in [0.15, 0.2) is 36.1 Å². The molecule has 0 aliphatic carbocycles. The summed E-state index contributed by atoms with van der Waals surface area (Å²) in [4.78, 5) is 24.5. The van der Waals surface area contributed by atoms with Crippen molar-refractivity contribution in [1.29, 1.82) is 0 Å². The van der Waals surface area contributed by atoms with Crippen LogP contribution in [0.3, 0.4) is 0 Å². The molecule has 0 saturated carbocycles. The number of hydrogen-bond donors (Lipinski definition) is 0. The largest absolute Gasteiger partial charge is 0.458 e. The fourth-order valence-corrected chi connectivity index (χ4v) is 2.23. The van der Waals surface area contributed by atoms with Gasteiger partial charge in [-0.25, -0.2) is 0 Å². The molecular formula is C15H16ClNO4. The van der Waals surface area contributed by atoms with Gasteiger partial charge in [0.25, 0.3) is 5.91 Å². The zero-order chi connectivity index (χ0) is 15.2. The first-order valence-electron chi connectivity index (χ1n) is 6.53. The van der Waals surface area contributed by atoms with E-state index in [-0.39, 0.29) is 12.5 Å². The molecule has 2 rings (SSSR count). The van der Waals surface area contributed by atoms with Crippen molar-refractivity contribution in [2.24, 2.45) is 0 Å². The zero-order valence-corrected chi connectivity index (χ0v) is 12.4. The van der Waals surface area contributed by atoms with Gasteiger partial charge in [0.05, 0.1) is 17.6 Å². The van der Waals surface area contributed by atoms with Gasteiger partial charge in [0.2, 0.25) is 0 Å². The maximum Gasteiger partial charge on any atom is 0.251 e. The summed E-state index contributed by atoms with van der Waals surface area (Å²) >= 11 is 6.01. The molecule has 1 aromatic rings. The van der Waals surface area contributed by atoms with E-state index >= 15 is 0 Å². The minimum atomic E-state index is -0.513. The first-order valence-corrected chi connectivity index (χ1v) is 6.91. The normalized spacial score (nSPS) is 15.8. The number of ether oxygens (including phenoxy) is 2. The standard InChI is InChI=1S/C15H16ClNO4/c1-20-7-6-11(10-18)17-9-12(8-15(17)19)21-14-5-3-2-4-13(14)16/h2-5,8,10-11H,6-7,9H2,1H3. The third-order valence-electron chi connectivity index (χ3n) is 3.15. The number of aldehydes is 1. The van der Waals surface area contributed by atoms with E-state index in [2.05, 4.69) is 0 Å². The van der Waals surface area contributed by atoms with Gasteiger partial charge < -0.3 is 19.2 Å². The Morgan fingerprint density at radius 1 is 1.43 bits per heavy atom. The summed E-state index contributed by atoms with van der Waals surface area (Å²) in [6.45, 7) is 0.658. The van der Waals surface area contributed by atoms with Crippen LogP contribution < -0.4 is 4.74 Å². The Kier molecular flexibility index (Phi) is 5.36. The lowest BCUT2D eigenvalue weighted by molar-refractivity contribution is -0.130. The number of benzene rings is 1. The summed E-state index contributed by atoms with van der Waals surface area (Å²) in [5.41, 5.74) is 0. The molecule has 5 nitrogen and oxygen atoms in total. The van der Waals surface area contributed by atoms with E-state index in [9.17, 15) is 9.59 Å². The minimum Gasteiger partial charge on any atom is -0.458 e. The number of halogens is 1. The summed E-state index contributed by atoms with van der Waals surface area (Å²) in [5.74, 6) is 0.710. The number of amides is 1. The highest BCUT2D eigenvalue weighted by atomic mass is 35.5. The molecule has 1 heterocycles. The second-order valence-corrected chi connectivity index (χ2v) is 5.00. The molecule has 1 aliphatic rings. The number of para-hydroxylation sites is 1. The second kappa shape index (κ2) is 7.24. The van der Waals surface area contributed by atoms with Gasteiger partial charge in [-0.2, -0.15) is 0 Å². The quantitative estimate of drug-likeness (QED) is 0.723. The molecule has 1 aromatic carbocycles. The van der Waals surface area contributed by atoms with Gasteiger partial charge in [0, 0.05) is 19.8 Å². The molecular weight excluding hydrogens is 294 g/mol. The van der Waals surface area contributed by atoms with Crippen molar-refractivity contribution in [1.82, 2.24) is 4.90 Å². The van der Waals surface area contributed by atoms with E-state index in [0.29, 0.717) is 29.6 Å². The van der Waals surface area contributed by atoms with Crippen molar-refractivity contribution < 1.29 is 19.1 Å². The lowest BCUT2D eigenvalue weighted by atomic mass is 10.2. The van der Waals surface area contributed by atoms with Crippen molar-refractivity contribution >= 4 is 23.8 Å². The van der Waals surface area contributed by atoms with Gasteiger partial charge in [-0.05, 0) is 18.6 Å². The minimum absolute atomic E-state index is 0.245. The fourth-order valence-electron chi connectivity index (χ4n) is 2.06. The van der Waals surface area contributed by atoms with E-state index in [1.54, 1.807) is 31.4 Å². The number of hydrogen-bond acceptors (Lipinski definition) is 4. The summed E-state index contributed by atoms with van der Waals surface area (Å²) < 4.78 is 10.6. The highest BCUT2D eigenvalue weighted by molar-refractivity contribution is 6.32. The Balaban J connectivity index is 2.02. The number of rotatable bonds is 7. The predicted molar refractivity (Wildman–Crippen MR) is 78.2 cm³/mol. The van der Waals surface area contributed by atoms with E-state index in [4.69, 9.17) is 21.1 Å². The van der Waals surface area contributed by atoms with Crippen LogP contribution in [-0.2, 0) is 14.3 Å². The van der Waals surface area contributed by atoms with Crippen LogP contribution in [0, 0.1) is 0 Å². The van der Waals surface area contributed by atoms with Crippen LogP contribution in [0.2, 0.25) is 5.02 Å². The average molecular weight is 310 g/mol. The molecule has 6 heteroatoms. The molecule has 0 saturated heterocycles. The van der Waals surface area contributed by atoms with E-state index in [0.717, 1.165) is 6.29 Å². The topological polar surface area (TPSA) is 55.8 Å². The molecule has 0 N–H and O–H groups in total. The van der Waals surface area contributed by atoms with Crippen LogP contribution in [0.4, 0.5) is 0 Å². The zero-order valence-electron chi connectivity index (χ0n) is 11.6. The van der Waals surface area contributed by atoms with E-state index < -0.39 is 6.04 Å². The first-order chi connectivity index (χ1) is 10.2. The van der Waals surface area contributed by atoms with Gasteiger partial charge in [0.15, 0.2) is 0 Å². The third-order valence-corrected chi connectivity index (χ3v) is 3.46. The van der Waals surface area contributed by atoms with Crippen molar-refractivity contribution in [3.05, 3.63) is 41.1 Å². The maximum absolute atomic E-state index is 12.0. The van der Waals surface area contributed by atoms with Crippen molar-refractivity contribution in [3.8, 4) is 5.75 Å². The highest BCUT2D eigenvalue weighted by Gasteiger charge is 2.29. The monoisotopic (exact) mass is 309 g/mol. The SMILES string of the molecule is COCCC(C=O)N1CC(Oc2ccccc2Cl)=CC1=O. The second-order valence-electron chi connectivity index (χ2n) is 4.59. The molecule has 1 unspecified atom stereocenters. The number of nitrogens with zero attached hydrogens (tertiary/aromatic N) is 1. The maximum atomic E-state index is 12.0. The van der Waals surface area contributed by atoms with E-state index in [1.165, 1.54) is 11.0 Å². The molecule has 0 fully saturated rings. The van der Waals surface area contributed by atoms with Gasteiger partial charge in [-0.15, -0.1) is 0 Å². The van der Waals surface area contributed by atoms with E-state index in [1.807, 2.05) is 0 Å². The molecule has 1 amide bonds. The Morgan fingerprint density at radius 3 is 2.86 bits per heavy atom. The molecule has 0 radical (unpaired) electrons. The molecule has 0 bridgehead atoms. The Labute approximate surface area is 128 Å². The smallest absolute Gasteiger partial charge is 0.251 e. The predicted octanol–water partition coefficient (Wildman–Crippen LogP) is 2.05. The highest BCUT2D eigenvalue weighted by Crippen LogP contribution is 2.27. The Morgan fingerprint density at radius 2 is 2.19 bits per heavy atom. The fraction of sp³-hybridized carbons (Fsp3) is 0.333. The van der Waals surface area contributed by atoms with Crippen molar-refractivity contribution in [2.45, 2.75) is 12.5 Å². The summed E-state index contributed by atoms with van der Waals surface area (Å²) in [7, 11) is 1.55. The summed E-state index contributed by atoms with van der Waals surface area (Å²) in [6, 6.07) is 6.50. The van der Waals surface area contributed by atoms with Gasteiger partial charge in [-0.3, -0.25) is 4.79 Å². The van der Waals surface area contributed by atoms with Gasteiger partial charge in [-0.1, -0.05) is 23.7 Å². The van der Waals surface area contributed by atoms with Crippen LogP contribution in [-0.4, -0.2) is 43.4 Å². The third kappa shape index (κ3) is 3.83. The number of carbonyl (C=O) groups excluding carboxylic acids is 2. The van der Waals surface area contributed by atoms with Crippen molar-refractivity contribution in [3.63, 3.8) is 0 Å². The molecule has 0 spiro atoms. The molecule has 112 valence electrons. The van der Waals surface area contributed by atoms with Crippen LogP contribution in [0.25, 0.3) is 0 Å². The van der Waals surface area contributed by atoms with Crippen molar-refractivity contribution in [2.75, 3.05) is 20.3 Å². The average Bonchev–Trinajstić information content (AvgIpc) is 2.83. The molecule has 0 aromatic heterocycles. The molecule has 1 atom stereocenters. The van der Waals surface area contributed by atoms with Crippen LogP contribution in [0.5, 0.6) is 5.75 Å². The lowest BCUT2D eigenvalue weighted by Gasteiger charge is -2.23.